The molecule has 8 heteroatoms. The SMILES string of the molecule is C#CCOc1c(C=C2SC(=Nc3cccc(Cl)c3C)NC2=O)cc(Br)cc1OC. The van der Waals surface area contributed by atoms with E-state index in [9.17, 15) is 4.79 Å². The van der Waals surface area contributed by atoms with E-state index < -0.39 is 0 Å². The molecule has 5 nitrogen and oxygen atoms in total. The number of carbonyl (C=O) groups is 1. The van der Waals surface area contributed by atoms with Gasteiger partial charge >= 0.3 is 0 Å². The Balaban J connectivity index is 1.96. The number of hydrogen-bond donors (Lipinski definition) is 1. The highest BCUT2D eigenvalue weighted by Gasteiger charge is 2.25. The molecular weight excluding hydrogens is 476 g/mol. The molecule has 2 aromatic rings. The maximum atomic E-state index is 12.5. The van der Waals surface area contributed by atoms with Crippen molar-refractivity contribution in [3.63, 3.8) is 0 Å². The lowest BCUT2D eigenvalue weighted by Gasteiger charge is -2.12. The lowest BCUT2D eigenvalue weighted by atomic mass is 10.1. The highest BCUT2D eigenvalue weighted by atomic mass is 79.9. The summed E-state index contributed by atoms with van der Waals surface area (Å²) in [6.45, 7) is 1.96. The Labute approximate surface area is 186 Å². The van der Waals surface area contributed by atoms with Gasteiger partial charge in [-0.05, 0) is 54.6 Å². The molecule has 0 spiro atoms. The molecule has 148 valence electrons. The second kappa shape index (κ2) is 9.40. The molecule has 1 aliphatic heterocycles. The average molecular weight is 492 g/mol. The number of hydrogen-bond acceptors (Lipinski definition) is 5. The first-order valence-electron chi connectivity index (χ1n) is 8.41. The van der Waals surface area contributed by atoms with Crippen LogP contribution in [0.15, 0.2) is 44.7 Å². The Morgan fingerprint density at radius 1 is 1.41 bits per heavy atom. The first-order valence-corrected chi connectivity index (χ1v) is 10.4. The summed E-state index contributed by atoms with van der Waals surface area (Å²) in [7, 11) is 1.54. The molecular formula is C21H16BrClN2O3S. The number of ether oxygens (including phenoxy) is 2. The van der Waals surface area contributed by atoms with Crippen molar-refractivity contribution in [3.05, 3.63) is 55.9 Å². The quantitative estimate of drug-likeness (QED) is 0.454. The van der Waals surface area contributed by atoms with E-state index in [0.29, 0.717) is 37.8 Å². The van der Waals surface area contributed by atoms with Gasteiger partial charge in [-0.3, -0.25) is 4.79 Å². The van der Waals surface area contributed by atoms with Gasteiger partial charge in [0.05, 0.1) is 17.7 Å². The van der Waals surface area contributed by atoms with Gasteiger partial charge in [0.2, 0.25) is 0 Å². The minimum absolute atomic E-state index is 0.0776. The van der Waals surface area contributed by atoms with Crippen LogP contribution in [0.4, 0.5) is 5.69 Å². The summed E-state index contributed by atoms with van der Waals surface area (Å²) in [5, 5.41) is 3.86. The van der Waals surface area contributed by atoms with Crippen LogP contribution in [0.5, 0.6) is 11.5 Å². The Bertz CT molecular complexity index is 1080. The maximum Gasteiger partial charge on any atom is 0.264 e. The van der Waals surface area contributed by atoms with Crippen LogP contribution in [0.3, 0.4) is 0 Å². The standard InChI is InChI=1S/C21H16BrClN2O3S/c1-4-8-28-19-13(9-14(22)11-17(19)27-3)10-18-20(26)25-21(29-18)24-16-7-5-6-15(23)12(16)2/h1,5-7,9-11H,8H2,2-3H3,(H,24,25,26). The van der Waals surface area contributed by atoms with Crippen molar-refractivity contribution < 1.29 is 14.3 Å². The Morgan fingerprint density at radius 3 is 2.93 bits per heavy atom. The predicted octanol–water partition coefficient (Wildman–Crippen LogP) is 5.32. The van der Waals surface area contributed by atoms with Gasteiger partial charge in [-0.15, -0.1) is 6.42 Å². The highest BCUT2D eigenvalue weighted by molar-refractivity contribution is 9.10. The number of terminal acetylenes is 1. The minimum Gasteiger partial charge on any atom is -0.493 e. The number of aliphatic imine (C=N–C) groups is 1. The summed E-state index contributed by atoms with van der Waals surface area (Å²) in [6, 6.07) is 9.05. The smallest absolute Gasteiger partial charge is 0.264 e. The number of benzene rings is 2. The molecule has 0 aliphatic carbocycles. The van der Waals surface area contributed by atoms with Crippen molar-refractivity contribution in [1.29, 1.82) is 0 Å². The molecule has 3 rings (SSSR count). The molecule has 1 fully saturated rings. The fourth-order valence-corrected chi connectivity index (χ4v) is 4.01. The third-order valence-corrected chi connectivity index (χ3v) is 5.74. The van der Waals surface area contributed by atoms with Crippen molar-refractivity contribution in [2.24, 2.45) is 4.99 Å². The van der Waals surface area contributed by atoms with Crippen molar-refractivity contribution in [1.82, 2.24) is 5.32 Å². The second-order valence-electron chi connectivity index (χ2n) is 5.88. The lowest BCUT2D eigenvalue weighted by molar-refractivity contribution is -0.115. The van der Waals surface area contributed by atoms with Gasteiger partial charge in [0, 0.05) is 15.1 Å². The van der Waals surface area contributed by atoms with E-state index in [0.717, 1.165) is 10.0 Å². The van der Waals surface area contributed by atoms with E-state index in [1.807, 2.05) is 25.1 Å². The Morgan fingerprint density at radius 2 is 2.21 bits per heavy atom. The van der Waals surface area contributed by atoms with Crippen LogP contribution in [0.2, 0.25) is 5.02 Å². The molecule has 29 heavy (non-hydrogen) atoms. The van der Waals surface area contributed by atoms with Crippen molar-refractivity contribution in [2.45, 2.75) is 6.92 Å². The van der Waals surface area contributed by atoms with E-state index in [-0.39, 0.29) is 12.5 Å². The van der Waals surface area contributed by atoms with Crippen molar-refractivity contribution in [3.8, 4) is 23.8 Å². The Kier molecular flexibility index (Phi) is 6.91. The van der Waals surface area contributed by atoms with Crippen molar-refractivity contribution in [2.75, 3.05) is 13.7 Å². The van der Waals surface area contributed by atoms with Crippen LogP contribution in [-0.4, -0.2) is 24.8 Å². The van der Waals surface area contributed by atoms with Crippen LogP contribution in [-0.2, 0) is 4.79 Å². The summed E-state index contributed by atoms with van der Waals surface area (Å²) in [6.07, 6.45) is 7.03. The molecule has 0 saturated carbocycles. The number of halogens is 2. The summed E-state index contributed by atoms with van der Waals surface area (Å²) in [5.74, 6) is 3.15. The number of methoxy groups -OCH3 is 1. The van der Waals surface area contributed by atoms with E-state index in [4.69, 9.17) is 27.5 Å². The molecule has 2 aromatic carbocycles. The minimum atomic E-state index is -0.254. The molecule has 1 amide bonds. The Hall–Kier alpha value is -2.40. The zero-order valence-corrected chi connectivity index (χ0v) is 18.7. The van der Waals surface area contributed by atoms with Crippen LogP contribution in [0.1, 0.15) is 11.1 Å². The first kappa shape index (κ1) is 21.3. The third-order valence-electron chi connectivity index (χ3n) is 3.97. The summed E-state index contributed by atoms with van der Waals surface area (Å²) in [5.41, 5.74) is 2.20. The van der Waals surface area contributed by atoms with E-state index in [1.165, 1.54) is 18.9 Å². The second-order valence-corrected chi connectivity index (χ2v) is 8.24. The largest absolute Gasteiger partial charge is 0.493 e. The van der Waals surface area contributed by atoms with Gasteiger partial charge in [0.15, 0.2) is 16.7 Å². The van der Waals surface area contributed by atoms with Crippen LogP contribution >= 0.6 is 39.3 Å². The van der Waals surface area contributed by atoms with Gasteiger partial charge in [0.1, 0.15) is 6.61 Å². The molecule has 0 aromatic heterocycles. The highest BCUT2D eigenvalue weighted by Crippen LogP contribution is 2.38. The fourth-order valence-electron chi connectivity index (χ4n) is 2.56. The molecule has 0 atom stereocenters. The summed E-state index contributed by atoms with van der Waals surface area (Å²) < 4.78 is 11.8. The first-order chi connectivity index (χ1) is 13.9. The average Bonchev–Trinajstić information content (AvgIpc) is 3.03. The van der Waals surface area contributed by atoms with Crippen LogP contribution < -0.4 is 14.8 Å². The molecule has 0 radical (unpaired) electrons. The van der Waals surface area contributed by atoms with Gasteiger partial charge in [-0.25, -0.2) is 4.99 Å². The van der Waals surface area contributed by atoms with Gasteiger partial charge in [-0.1, -0.05) is 39.5 Å². The van der Waals surface area contributed by atoms with Gasteiger partial charge in [0.25, 0.3) is 5.91 Å². The summed E-state index contributed by atoms with van der Waals surface area (Å²) >= 11 is 10.8. The zero-order chi connectivity index (χ0) is 21.0. The van der Waals surface area contributed by atoms with Gasteiger partial charge in [-0.2, -0.15) is 0 Å². The number of thioether (sulfide) groups is 1. The monoisotopic (exact) mass is 490 g/mol. The molecule has 1 aliphatic rings. The third kappa shape index (κ3) is 4.96. The molecule has 1 saturated heterocycles. The predicted molar refractivity (Wildman–Crippen MR) is 122 cm³/mol. The normalized spacial score (nSPS) is 16.0. The number of amides is 1. The van der Waals surface area contributed by atoms with Crippen LogP contribution in [0, 0.1) is 19.3 Å². The number of rotatable bonds is 5. The summed E-state index contributed by atoms with van der Waals surface area (Å²) in [4.78, 5) is 17.5. The molecule has 1 N–H and O–H groups in total. The van der Waals surface area contributed by atoms with E-state index in [1.54, 1.807) is 18.2 Å². The topological polar surface area (TPSA) is 59.9 Å². The zero-order valence-electron chi connectivity index (χ0n) is 15.6. The number of nitrogens with zero attached hydrogens (tertiary/aromatic N) is 1. The lowest BCUT2D eigenvalue weighted by Crippen LogP contribution is -2.19. The van der Waals surface area contributed by atoms with E-state index >= 15 is 0 Å². The van der Waals surface area contributed by atoms with Gasteiger partial charge < -0.3 is 14.8 Å². The fraction of sp³-hybridized carbons (Fsp3) is 0.143. The molecule has 1 heterocycles. The van der Waals surface area contributed by atoms with Crippen LogP contribution in [0.25, 0.3) is 6.08 Å². The molecule has 0 unspecified atom stereocenters. The van der Waals surface area contributed by atoms with Crippen molar-refractivity contribution >= 4 is 62.1 Å². The number of carbonyl (C=O) groups excluding carboxylic acids is 1. The van der Waals surface area contributed by atoms with E-state index in [2.05, 4.69) is 32.2 Å². The number of nitrogens with one attached hydrogen (secondary N) is 1. The number of amidine groups is 1. The molecule has 0 bridgehead atoms. The maximum absolute atomic E-state index is 12.5.